The third-order valence-electron chi connectivity index (χ3n) is 1.85. The Morgan fingerprint density at radius 3 is 2.86 bits per heavy atom. The third-order valence-corrected chi connectivity index (χ3v) is 2.04. The Morgan fingerprint density at radius 1 is 1.57 bits per heavy atom. The number of amides is 1. The number of hydrogen-bond acceptors (Lipinski definition) is 3. The molecule has 1 aliphatic carbocycles. The van der Waals surface area contributed by atoms with Gasteiger partial charge >= 0.3 is 0 Å². The molecule has 0 aromatic carbocycles. The number of pyridine rings is 1. The van der Waals surface area contributed by atoms with Crippen LogP contribution in [0.2, 0.25) is 5.15 Å². The fourth-order valence-corrected chi connectivity index (χ4v) is 1.24. The first-order valence-corrected chi connectivity index (χ1v) is 4.67. The van der Waals surface area contributed by atoms with E-state index in [1.54, 1.807) is 6.07 Å². The van der Waals surface area contributed by atoms with Crippen LogP contribution in [0, 0.1) is 0 Å². The summed E-state index contributed by atoms with van der Waals surface area (Å²) < 4.78 is 5.46. The van der Waals surface area contributed by atoms with E-state index in [2.05, 4.69) is 4.98 Å². The first-order chi connectivity index (χ1) is 6.65. The highest BCUT2D eigenvalue weighted by molar-refractivity contribution is 6.29. The number of nitrogens with two attached hydrogens (primary N) is 1. The molecule has 1 aliphatic rings. The predicted molar refractivity (Wildman–Crippen MR) is 51.4 cm³/mol. The number of rotatable bonds is 3. The maximum Gasteiger partial charge on any atom is 0.267 e. The SMILES string of the molecule is NC(=O)c1cc(OC2CC2)cc(Cl)n1. The minimum atomic E-state index is -0.604. The standard InChI is InChI=1S/C9H9ClN2O2/c10-8-4-6(14-5-1-2-5)3-7(12-8)9(11)13/h3-5H,1-2H2,(H2,11,13). The van der Waals surface area contributed by atoms with Crippen molar-refractivity contribution in [2.45, 2.75) is 18.9 Å². The van der Waals surface area contributed by atoms with Crippen LogP contribution in [0.3, 0.4) is 0 Å². The molecule has 1 aromatic heterocycles. The molecule has 0 spiro atoms. The summed E-state index contributed by atoms with van der Waals surface area (Å²) in [5, 5.41) is 0.219. The van der Waals surface area contributed by atoms with Gasteiger partial charge in [0.25, 0.3) is 5.91 Å². The van der Waals surface area contributed by atoms with Crippen molar-refractivity contribution in [3.63, 3.8) is 0 Å². The molecular weight excluding hydrogens is 204 g/mol. The van der Waals surface area contributed by atoms with Gasteiger partial charge in [-0.3, -0.25) is 4.79 Å². The molecular formula is C9H9ClN2O2. The number of primary amides is 1. The highest BCUT2D eigenvalue weighted by Gasteiger charge is 2.24. The number of halogens is 1. The molecule has 0 unspecified atom stereocenters. The van der Waals surface area contributed by atoms with Crippen LogP contribution in [0.4, 0.5) is 0 Å². The molecule has 0 saturated heterocycles. The van der Waals surface area contributed by atoms with Gasteiger partial charge in [-0.1, -0.05) is 11.6 Å². The van der Waals surface area contributed by atoms with E-state index in [0.29, 0.717) is 5.75 Å². The molecule has 4 nitrogen and oxygen atoms in total. The lowest BCUT2D eigenvalue weighted by Gasteiger charge is -2.05. The molecule has 0 radical (unpaired) electrons. The van der Waals surface area contributed by atoms with E-state index in [4.69, 9.17) is 22.1 Å². The van der Waals surface area contributed by atoms with Crippen LogP contribution in [0.25, 0.3) is 0 Å². The summed E-state index contributed by atoms with van der Waals surface area (Å²) in [7, 11) is 0. The van der Waals surface area contributed by atoms with E-state index >= 15 is 0 Å². The lowest BCUT2D eigenvalue weighted by molar-refractivity contribution is 0.0995. The zero-order chi connectivity index (χ0) is 10.1. The first kappa shape index (κ1) is 9.27. The second kappa shape index (κ2) is 3.46. The summed E-state index contributed by atoms with van der Waals surface area (Å²) in [5.41, 5.74) is 5.21. The quantitative estimate of drug-likeness (QED) is 0.770. The maximum atomic E-state index is 10.9. The minimum Gasteiger partial charge on any atom is -0.490 e. The van der Waals surface area contributed by atoms with Gasteiger partial charge in [0.2, 0.25) is 0 Å². The molecule has 74 valence electrons. The predicted octanol–water partition coefficient (Wildman–Crippen LogP) is 1.38. The van der Waals surface area contributed by atoms with Crippen LogP contribution in [-0.4, -0.2) is 17.0 Å². The molecule has 0 aliphatic heterocycles. The van der Waals surface area contributed by atoms with Crippen molar-refractivity contribution in [1.82, 2.24) is 4.98 Å². The normalized spacial score (nSPS) is 15.2. The van der Waals surface area contributed by atoms with Crippen molar-refractivity contribution in [2.24, 2.45) is 5.73 Å². The summed E-state index contributed by atoms with van der Waals surface area (Å²) in [6.07, 6.45) is 2.35. The fourth-order valence-electron chi connectivity index (χ4n) is 1.05. The first-order valence-electron chi connectivity index (χ1n) is 4.29. The number of carbonyl (C=O) groups excluding carboxylic acids is 1. The number of nitrogens with zero attached hydrogens (tertiary/aromatic N) is 1. The molecule has 2 rings (SSSR count). The van der Waals surface area contributed by atoms with Crippen molar-refractivity contribution in [1.29, 1.82) is 0 Å². The van der Waals surface area contributed by atoms with Gasteiger partial charge in [-0.2, -0.15) is 0 Å². The number of hydrogen-bond donors (Lipinski definition) is 1. The summed E-state index contributed by atoms with van der Waals surface area (Å²) in [6, 6.07) is 3.08. The summed E-state index contributed by atoms with van der Waals surface area (Å²) in [4.78, 5) is 14.6. The third kappa shape index (κ3) is 2.14. The zero-order valence-electron chi connectivity index (χ0n) is 7.37. The van der Waals surface area contributed by atoms with Crippen molar-refractivity contribution in [3.8, 4) is 5.75 Å². The van der Waals surface area contributed by atoms with E-state index in [1.165, 1.54) is 6.07 Å². The highest BCUT2D eigenvalue weighted by atomic mass is 35.5. The molecule has 2 N–H and O–H groups in total. The Balaban J connectivity index is 2.25. The van der Waals surface area contributed by atoms with E-state index in [-0.39, 0.29) is 17.0 Å². The van der Waals surface area contributed by atoms with Gasteiger partial charge in [0.1, 0.15) is 16.6 Å². The Kier molecular flexibility index (Phi) is 2.29. The maximum absolute atomic E-state index is 10.9. The Bertz CT molecular complexity index is 377. The highest BCUT2D eigenvalue weighted by Crippen LogP contribution is 2.28. The fraction of sp³-hybridized carbons (Fsp3) is 0.333. The molecule has 0 bridgehead atoms. The summed E-state index contributed by atoms with van der Waals surface area (Å²) in [5.74, 6) is -0.0468. The van der Waals surface area contributed by atoms with Gasteiger partial charge in [-0.15, -0.1) is 0 Å². The average molecular weight is 213 g/mol. The van der Waals surface area contributed by atoms with Crippen LogP contribution in [0.1, 0.15) is 23.3 Å². The number of ether oxygens (including phenoxy) is 1. The summed E-state index contributed by atoms with van der Waals surface area (Å²) >= 11 is 5.70. The Labute approximate surface area is 86.0 Å². The molecule has 14 heavy (non-hydrogen) atoms. The van der Waals surface area contributed by atoms with Gasteiger partial charge in [0.15, 0.2) is 0 Å². The van der Waals surface area contributed by atoms with Crippen molar-refractivity contribution in [3.05, 3.63) is 23.0 Å². The Morgan fingerprint density at radius 2 is 2.29 bits per heavy atom. The number of carbonyl (C=O) groups is 1. The average Bonchev–Trinajstić information content (AvgIpc) is 2.87. The molecule has 1 amide bonds. The molecule has 0 atom stereocenters. The lowest BCUT2D eigenvalue weighted by Crippen LogP contribution is -2.13. The van der Waals surface area contributed by atoms with Crippen LogP contribution in [0.5, 0.6) is 5.75 Å². The van der Waals surface area contributed by atoms with Gasteiger partial charge in [0, 0.05) is 12.1 Å². The molecule has 1 fully saturated rings. The van der Waals surface area contributed by atoms with Crippen LogP contribution in [-0.2, 0) is 0 Å². The van der Waals surface area contributed by atoms with Crippen LogP contribution >= 0.6 is 11.6 Å². The number of aromatic nitrogens is 1. The van der Waals surface area contributed by atoms with E-state index < -0.39 is 5.91 Å². The second-order valence-electron chi connectivity index (χ2n) is 3.19. The second-order valence-corrected chi connectivity index (χ2v) is 3.58. The van der Waals surface area contributed by atoms with Gasteiger partial charge in [0.05, 0.1) is 6.10 Å². The minimum absolute atomic E-state index is 0.133. The molecule has 1 heterocycles. The van der Waals surface area contributed by atoms with Crippen molar-refractivity contribution < 1.29 is 9.53 Å². The largest absolute Gasteiger partial charge is 0.490 e. The monoisotopic (exact) mass is 212 g/mol. The molecule has 1 saturated carbocycles. The van der Waals surface area contributed by atoms with E-state index in [9.17, 15) is 4.79 Å². The summed E-state index contributed by atoms with van der Waals surface area (Å²) in [6.45, 7) is 0. The van der Waals surface area contributed by atoms with Crippen molar-refractivity contribution >= 4 is 17.5 Å². The van der Waals surface area contributed by atoms with Gasteiger partial charge in [-0.25, -0.2) is 4.98 Å². The molecule has 1 aromatic rings. The van der Waals surface area contributed by atoms with Crippen molar-refractivity contribution in [2.75, 3.05) is 0 Å². The zero-order valence-corrected chi connectivity index (χ0v) is 8.12. The van der Waals surface area contributed by atoms with Crippen LogP contribution in [0.15, 0.2) is 12.1 Å². The van der Waals surface area contributed by atoms with E-state index in [1.807, 2.05) is 0 Å². The van der Waals surface area contributed by atoms with Gasteiger partial charge < -0.3 is 10.5 Å². The van der Waals surface area contributed by atoms with Crippen LogP contribution < -0.4 is 10.5 Å². The van der Waals surface area contributed by atoms with E-state index in [0.717, 1.165) is 12.8 Å². The lowest BCUT2D eigenvalue weighted by atomic mass is 10.3. The van der Waals surface area contributed by atoms with Gasteiger partial charge in [-0.05, 0) is 12.8 Å². The topological polar surface area (TPSA) is 65.2 Å². The molecule has 5 heteroatoms. The smallest absolute Gasteiger partial charge is 0.267 e. The Hall–Kier alpha value is -1.29.